The van der Waals surface area contributed by atoms with Crippen LogP contribution >= 0.6 is 11.8 Å². The van der Waals surface area contributed by atoms with Gasteiger partial charge in [0, 0.05) is 23.8 Å². The molecule has 114 valence electrons. The van der Waals surface area contributed by atoms with Crippen molar-refractivity contribution in [3.05, 3.63) is 30.1 Å². The van der Waals surface area contributed by atoms with Crippen LogP contribution in [-0.4, -0.2) is 39.7 Å². The van der Waals surface area contributed by atoms with Gasteiger partial charge >= 0.3 is 0 Å². The Morgan fingerprint density at radius 3 is 2.71 bits per heavy atom. The van der Waals surface area contributed by atoms with Crippen LogP contribution in [0.1, 0.15) is 18.7 Å². The van der Waals surface area contributed by atoms with Gasteiger partial charge in [-0.15, -0.1) is 0 Å². The molecule has 7 heteroatoms. The lowest BCUT2D eigenvalue weighted by molar-refractivity contribution is 0.141. The first-order valence-electron chi connectivity index (χ1n) is 6.57. The lowest BCUT2D eigenvalue weighted by atomic mass is 10.2. The number of aromatic nitrogens is 2. The Hall–Kier alpha value is -1.47. The number of benzene rings is 1. The molecule has 0 amide bonds. The van der Waals surface area contributed by atoms with Gasteiger partial charge in [-0.05, 0) is 24.8 Å². The summed E-state index contributed by atoms with van der Waals surface area (Å²) in [5.74, 6) is 0.662. The Balaban J connectivity index is 2.40. The first kappa shape index (κ1) is 15.9. The van der Waals surface area contributed by atoms with Crippen LogP contribution in [0.5, 0.6) is 0 Å². The number of para-hydroxylation sites is 1. The highest BCUT2D eigenvalue weighted by molar-refractivity contribution is 7.98. The molecule has 21 heavy (non-hydrogen) atoms. The molecule has 4 nitrogen and oxygen atoms in total. The average Bonchev–Trinajstić information content (AvgIpc) is 2.47. The van der Waals surface area contributed by atoms with Crippen molar-refractivity contribution in [2.45, 2.75) is 18.9 Å². The van der Waals surface area contributed by atoms with E-state index >= 15 is 0 Å². The summed E-state index contributed by atoms with van der Waals surface area (Å²) < 4.78 is 25.8. The zero-order valence-corrected chi connectivity index (χ0v) is 12.4. The molecule has 1 atom stereocenters. The Morgan fingerprint density at radius 1 is 1.29 bits per heavy atom. The second kappa shape index (κ2) is 7.51. The number of aliphatic hydroxyl groups is 1. The summed E-state index contributed by atoms with van der Waals surface area (Å²) in [6, 6.07) is 7.01. The normalized spacial score (nSPS) is 12.8. The van der Waals surface area contributed by atoms with E-state index in [-0.39, 0.29) is 12.6 Å². The van der Waals surface area contributed by atoms with Crippen LogP contribution < -0.4 is 5.32 Å². The second-order valence-electron chi connectivity index (χ2n) is 4.56. The number of halogens is 2. The highest BCUT2D eigenvalue weighted by atomic mass is 32.2. The van der Waals surface area contributed by atoms with Crippen molar-refractivity contribution >= 4 is 28.5 Å². The number of alkyl halides is 2. The number of anilines is 1. The lowest BCUT2D eigenvalue weighted by Gasteiger charge is -2.19. The molecule has 0 spiro atoms. The Bertz CT molecular complexity index is 591. The van der Waals surface area contributed by atoms with Crippen molar-refractivity contribution in [3.63, 3.8) is 0 Å². The molecule has 0 unspecified atom stereocenters. The summed E-state index contributed by atoms with van der Waals surface area (Å²) in [5, 5.41) is 12.9. The van der Waals surface area contributed by atoms with Gasteiger partial charge in [0.1, 0.15) is 5.82 Å². The van der Waals surface area contributed by atoms with Crippen molar-refractivity contribution in [2.75, 3.05) is 23.9 Å². The number of nitrogens with zero attached hydrogens (tertiary/aromatic N) is 2. The molecule has 1 aromatic carbocycles. The fraction of sp³-hybridized carbons (Fsp3) is 0.429. The fourth-order valence-electron chi connectivity index (χ4n) is 2.05. The number of rotatable bonds is 7. The first-order chi connectivity index (χ1) is 10.2. The Morgan fingerprint density at radius 2 is 2.05 bits per heavy atom. The van der Waals surface area contributed by atoms with Gasteiger partial charge in [-0.2, -0.15) is 11.8 Å². The van der Waals surface area contributed by atoms with Gasteiger partial charge in [-0.1, -0.05) is 12.1 Å². The molecule has 0 radical (unpaired) electrons. The van der Waals surface area contributed by atoms with Crippen molar-refractivity contribution in [2.24, 2.45) is 0 Å². The highest BCUT2D eigenvalue weighted by Gasteiger charge is 2.17. The van der Waals surface area contributed by atoms with Crippen molar-refractivity contribution < 1.29 is 13.9 Å². The number of hydrogen-bond donors (Lipinski definition) is 2. The number of hydrogen-bond acceptors (Lipinski definition) is 5. The fourth-order valence-corrected chi connectivity index (χ4v) is 2.70. The number of thioether (sulfide) groups is 1. The van der Waals surface area contributed by atoms with Crippen molar-refractivity contribution in [1.82, 2.24) is 9.97 Å². The molecule has 1 heterocycles. The monoisotopic (exact) mass is 313 g/mol. The number of aliphatic hydroxyl groups excluding tert-OH is 1. The summed E-state index contributed by atoms with van der Waals surface area (Å²) in [4.78, 5) is 7.82. The Labute approximate surface area is 126 Å². The first-order valence-corrected chi connectivity index (χ1v) is 7.96. The molecule has 1 aromatic heterocycles. The molecular formula is C14H17F2N3OS. The van der Waals surface area contributed by atoms with Crippen LogP contribution in [0.3, 0.4) is 0 Å². The predicted octanol–water partition coefficient (Wildman–Crippen LogP) is 3.09. The van der Waals surface area contributed by atoms with Gasteiger partial charge in [0.15, 0.2) is 5.82 Å². The molecule has 2 aromatic rings. The van der Waals surface area contributed by atoms with E-state index in [0.717, 1.165) is 5.75 Å². The largest absolute Gasteiger partial charge is 0.396 e. The smallest absolute Gasteiger partial charge is 0.297 e. The van der Waals surface area contributed by atoms with Gasteiger partial charge in [0.2, 0.25) is 0 Å². The minimum absolute atomic E-state index is 0.0307. The molecule has 0 aliphatic rings. The van der Waals surface area contributed by atoms with Crippen LogP contribution in [0.4, 0.5) is 14.6 Å². The quantitative estimate of drug-likeness (QED) is 0.822. The zero-order valence-electron chi connectivity index (χ0n) is 11.6. The van der Waals surface area contributed by atoms with E-state index in [2.05, 4.69) is 15.3 Å². The molecule has 0 saturated heterocycles. The summed E-state index contributed by atoms with van der Waals surface area (Å²) in [6.07, 6.45) is -0.232. The van der Waals surface area contributed by atoms with Gasteiger partial charge in [-0.25, -0.2) is 18.7 Å². The zero-order chi connectivity index (χ0) is 15.2. The topological polar surface area (TPSA) is 58.0 Å². The van der Waals surface area contributed by atoms with E-state index < -0.39 is 12.2 Å². The van der Waals surface area contributed by atoms with Gasteiger partial charge in [0.25, 0.3) is 6.43 Å². The van der Waals surface area contributed by atoms with Crippen molar-refractivity contribution in [1.29, 1.82) is 0 Å². The third-order valence-corrected chi connectivity index (χ3v) is 3.74. The summed E-state index contributed by atoms with van der Waals surface area (Å²) in [5.41, 5.74) is 0.484. The van der Waals surface area contributed by atoms with E-state index in [1.807, 2.05) is 12.3 Å². The van der Waals surface area contributed by atoms with Crippen LogP contribution in [0.25, 0.3) is 10.9 Å². The minimum Gasteiger partial charge on any atom is -0.396 e. The van der Waals surface area contributed by atoms with E-state index in [4.69, 9.17) is 5.11 Å². The molecule has 0 fully saturated rings. The van der Waals surface area contributed by atoms with E-state index in [1.54, 1.807) is 30.0 Å². The molecule has 2 rings (SSSR count). The van der Waals surface area contributed by atoms with Gasteiger partial charge < -0.3 is 10.4 Å². The molecule has 0 aliphatic heterocycles. The minimum atomic E-state index is -2.72. The van der Waals surface area contributed by atoms with Crippen LogP contribution in [0.15, 0.2) is 24.3 Å². The van der Waals surface area contributed by atoms with Crippen LogP contribution in [0.2, 0.25) is 0 Å². The highest BCUT2D eigenvalue weighted by Crippen LogP contribution is 2.25. The van der Waals surface area contributed by atoms with E-state index in [1.165, 1.54) is 0 Å². The molecular weight excluding hydrogens is 296 g/mol. The predicted molar refractivity (Wildman–Crippen MR) is 82.0 cm³/mol. The summed E-state index contributed by atoms with van der Waals surface area (Å²) in [7, 11) is 0. The Kier molecular flexibility index (Phi) is 5.69. The van der Waals surface area contributed by atoms with Gasteiger partial charge in [0.05, 0.1) is 5.52 Å². The van der Waals surface area contributed by atoms with Gasteiger partial charge in [-0.3, -0.25) is 0 Å². The van der Waals surface area contributed by atoms with Crippen LogP contribution in [0, 0.1) is 0 Å². The molecule has 0 bridgehead atoms. The number of fused-ring (bicyclic) bond motifs is 1. The molecule has 2 N–H and O–H groups in total. The third kappa shape index (κ3) is 4.01. The maximum Gasteiger partial charge on any atom is 0.297 e. The third-order valence-electron chi connectivity index (χ3n) is 3.00. The van der Waals surface area contributed by atoms with E-state index in [9.17, 15) is 8.78 Å². The molecule has 0 saturated carbocycles. The maximum atomic E-state index is 12.9. The number of nitrogens with one attached hydrogen (secondary N) is 1. The van der Waals surface area contributed by atoms with Crippen molar-refractivity contribution in [3.8, 4) is 0 Å². The standard InChI is InChI=1S/C14H17F2N3OS/c1-21-8-9(6-7-20)17-13-10-4-2-3-5-11(10)18-14(19-13)12(15)16/h2-5,9,12,20H,6-8H2,1H3,(H,17,18,19)/t9-/m1/s1. The van der Waals surface area contributed by atoms with Crippen LogP contribution in [-0.2, 0) is 0 Å². The summed E-state index contributed by atoms with van der Waals surface area (Å²) >= 11 is 1.62. The SMILES string of the molecule is CSC[C@@H](CCO)Nc1nc(C(F)F)nc2ccccc12. The summed E-state index contributed by atoms with van der Waals surface area (Å²) in [6.45, 7) is 0.0307. The van der Waals surface area contributed by atoms with E-state index in [0.29, 0.717) is 23.1 Å². The maximum absolute atomic E-state index is 12.9. The average molecular weight is 313 g/mol. The molecule has 0 aliphatic carbocycles. The second-order valence-corrected chi connectivity index (χ2v) is 5.47. The lowest BCUT2D eigenvalue weighted by Crippen LogP contribution is -2.24.